The Labute approximate surface area is 154 Å². The van der Waals surface area contributed by atoms with Gasteiger partial charge in [0.1, 0.15) is 30.7 Å². The van der Waals surface area contributed by atoms with Crippen molar-refractivity contribution in [3.63, 3.8) is 0 Å². The zero-order chi connectivity index (χ0) is 18.9. The number of nitrogens with zero attached hydrogens (tertiary/aromatic N) is 1. The number of allylic oxidation sites excluding steroid dienone is 1. The number of amides is 1. The van der Waals surface area contributed by atoms with Crippen LogP contribution < -0.4 is 0 Å². The van der Waals surface area contributed by atoms with E-state index < -0.39 is 11.6 Å². The van der Waals surface area contributed by atoms with Crippen molar-refractivity contribution in [2.75, 3.05) is 13.2 Å². The van der Waals surface area contributed by atoms with Crippen LogP contribution in [-0.2, 0) is 28.5 Å². The Morgan fingerprint density at radius 3 is 2.35 bits per heavy atom. The summed E-state index contributed by atoms with van der Waals surface area (Å²) in [5, 5.41) is 0. The molecule has 4 aliphatic rings. The van der Waals surface area contributed by atoms with Crippen molar-refractivity contribution < 1.29 is 28.5 Å². The van der Waals surface area contributed by atoms with E-state index in [0.29, 0.717) is 13.2 Å². The van der Waals surface area contributed by atoms with Crippen LogP contribution >= 0.6 is 0 Å². The van der Waals surface area contributed by atoms with Gasteiger partial charge in [0.05, 0.1) is 24.3 Å². The minimum atomic E-state index is -0.750. The van der Waals surface area contributed by atoms with Gasteiger partial charge in [-0.25, -0.2) is 0 Å². The van der Waals surface area contributed by atoms with Crippen LogP contribution in [0.2, 0.25) is 0 Å². The van der Waals surface area contributed by atoms with Crippen molar-refractivity contribution in [1.82, 2.24) is 4.90 Å². The molecular formula is C19H29NO6. The lowest BCUT2D eigenvalue weighted by Gasteiger charge is -2.51. The fourth-order valence-electron chi connectivity index (χ4n) is 4.51. The van der Waals surface area contributed by atoms with Crippen LogP contribution in [-0.4, -0.2) is 59.9 Å². The van der Waals surface area contributed by atoms with Gasteiger partial charge in [-0.3, -0.25) is 4.79 Å². The third kappa shape index (κ3) is 2.76. The Kier molecular flexibility index (Phi) is 4.15. The maximum atomic E-state index is 12.7. The Hall–Kier alpha value is -1.15. The molecule has 0 spiro atoms. The predicted octanol–water partition coefficient (Wildman–Crippen LogP) is 2.16. The number of fused-ring (bicyclic) bond motifs is 1. The van der Waals surface area contributed by atoms with Crippen molar-refractivity contribution in [3.8, 4) is 0 Å². The van der Waals surface area contributed by atoms with Gasteiger partial charge in [0.15, 0.2) is 11.6 Å². The average Bonchev–Trinajstić information content (AvgIpc) is 3.07. The molecule has 4 heterocycles. The summed E-state index contributed by atoms with van der Waals surface area (Å²) in [4.78, 5) is 14.6. The quantitative estimate of drug-likeness (QED) is 0.712. The zero-order valence-corrected chi connectivity index (χ0v) is 16.4. The molecule has 4 rings (SSSR count). The molecule has 7 heteroatoms. The Balaban J connectivity index is 1.60. The fourth-order valence-corrected chi connectivity index (χ4v) is 4.51. The van der Waals surface area contributed by atoms with E-state index in [1.165, 1.54) is 0 Å². The molecule has 0 saturated carbocycles. The van der Waals surface area contributed by atoms with E-state index in [-0.39, 0.29) is 36.2 Å². The van der Waals surface area contributed by atoms with Gasteiger partial charge in [0.25, 0.3) is 0 Å². The van der Waals surface area contributed by atoms with Crippen molar-refractivity contribution in [2.45, 2.75) is 83.9 Å². The normalized spacial score (nSPS) is 41.1. The lowest BCUT2D eigenvalue weighted by Crippen LogP contribution is -2.64. The van der Waals surface area contributed by atoms with Gasteiger partial charge in [-0.15, -0.1) is 0 Å². The van der Waals surface area contributed by atoms with Crippen molar-refractivity contribution >= 4 is 5.91 Å². The van der Waals surface area contributed by atoms with E-state index >= 15 is 0 Å². The number of hydrogen-bond acceptors (Lipinski definition) is 6. The first-order valence-corrected chi connectivity index (χ1v) is 9.47. The molecule has 1 amide bonds. The van der Waals surface area contributed by atoms with Crippen LogP contribution in [0.25, 0.3) is 0 Å². The SMILES string of the molecule is CC[C@@H]1C(=O)N2C1=C(C)OC[C@H]2[C@H]1OC(C)(C)O[C@H]1[C@H]1COC(C)(C)O1. The van der Waals surface area contributed by atoms with Crippen LogP contribution in [0, 0.1) is 5.92 Å². The van der Waals surface area contributed by atoms with Gasteiger partial charge >= 0.3 is 0 Å². The smallest absolute Gasteiger partial charge is 0.236 e. The highest BCUT2D eigenvalue weighted by atomic mass is 16.8. The molecule has 4 aliphatic heterocycles. The van der Waals surface area contributed by atoms with Gasteiger partial charge in [-0.1, -0.05) is 6.92 Å². The number of carbonyl (C=O) groups is 1. The third-order valence-electron chi connectivity index (χ3n) is 5.64. The number of hydrogen-bond donors (Lipinski definition) is 0. The molecule has 0 unspecified atom stereocenters. The maximum absolute atomic E-state index is 12.7. The molecule has 5 atom stereocenters. The molecule has 0 aromatic heterocycles. The summed E-state index contributed by atoms with van der Waals surface area (Å²) in [6, 6.07) is -0.219. The van der Waals surface area contributed by atoms with Crippen molar-refractivity contribution in [3.05, 3.63) is 11.5 Å². The highest BCUT2D eigenvalue weighted by Gasteiger charge is 2.58. The molecule has 0 radical (unpaired) electrons. The first kappa shape index (κ1) is 18.2. The second kappa shape index (κ2) is 5.92. The van der Waals surface area contributed by atoms with E-state index in [1.54, 1.807) is 0 Å². The Morgan fingerprint density at radius 1 is 1.04 bits per heavy atom. The van der Waals surface area contributed by atoms with Crippen molar-refractivity contribution in [1.29, 1.82) is 0 Å². The Bertz CT molecular complexity index is 642. The minimum absolute atomic E-state index is 0.0726. The molecule has 26 heavy (non-hydrogen) atoms. The fraction of sp³-hybridized carbons (Fsp3) is 0.842. The molecule has 0 aromatic carbocycles. The molecule has 146 valence electrons. The second-order valence-corrected chi connectivity index (χ2v) is 8.42. The molecule has 3 saturated heterocycles. The van der Waals surface area contributed by atoms with Crippen molar-refractivity contribution in [2.24, 2.45) is 5.92 Å². The number of β-lactam (4-membered cyclic amide) rings is 1. The van der Waals surface area contributed by atoms with Crippen LogP contribution in [0.4, 0.5) is 0 Å². The summed E-state index contributed by atoms with van der Waals surface area (Å²) in [6.07, 6.45) is -0.126. The minimum Gasteiger partial charge on any atom is -0.494 e. The summed E-state index contributed by atoms with van der Waals surface area (Å²) < 4.78 is 30.1. The van der Waals surface area contributed by atoms with Crippen LogP contribution in [0.5, 0.6) is 0 Å². The van der Waals surface area contributed by atoms with E-state index in [0.717, 1.165) is 17.9 Å². The lowest BCUT2D eigenvalue weighted by molar-refractivity contribution is -0.176. The summed E-state index contributed by atoms with van der Waals surface area (Å²) in [6.45, 7) is 12.3. The van der Waals surface area contributed by atoms with Gasteiger partial charge in [-0.05, 0) is 41.0 Å². The zero-order valence-electron chi connectivity index (χ0n) is 16.4. The predicted molar refractivity (Wildman–Crippen MR) is 91.8 cm³/mol. The second-order valence-electron chi connectivity index (χ2n) is 8.42. The molecule has 0 bridgehead atoms. The molecule has 0 aromatic rings. The molecule has 0 aliphatic carbocycles. The lowest BCUT2D eigenvalue weighted by atomic mass is 9.84. The largest absolute Gasteiger partial charge is 0.494 e. The molecule has 7 nitrogen and oxygen atoms in total. The van der Waals surface area contributed by atoms with Gasteiger partial charge in [0.2, 0.25) is 5.91 Å². The van der Waals surface area contributed by atoms with E-state index in [9.17, 15) is 4.79 Å². The number of ether oxygens (including phenoxy) is 5. The molecule has 3 fully saturated rings. The van der Waals surface area contributed by atoms with Gasteiger partial charge in [0, 0.05) is 0 Å². The van der Waals surface area contributed by atoms with Gasteiger partial charge < -0.3 is 28.6 Å². The molecule has 0 N–H and O–H groups in total. The van der Waals surface area contributed by atoms with E-state index in [2.05, 4.69) is 0 Å². The first-order valence-electron chi connectivity index (χ1n) is 9.47. The summed E-state index contributed by atoms with van der Waals surface area (Å²) >= 11 is 0. The summed E-state index contributed by atoms with van der Waals surface area (Å²) in [5.74, 6) is -0.484. The molecular weight excluding hydrogens is 338 g/mol. The highest BCUT2D eigenvalue weighted by Crippen LogP contribution is 2.45. The van der Waals surface area contributed by atoms with E-state index in [4.69, 9.17) is 23.7 Å². The summed E-state index contributed by atoms with van der Waals surface area (Å²) in [5.41, 5.74) is 0.990. The first-order chi connectivity index (χ1) is 12.1. The highest BCUT2D eigenvalue weighted by molar-refractivity contribution is 5.91. The van der Waals surface area contributed by atoms with Crippen LogP contribution in [0.3, 0.4) is 0 Å². The Morgan fingerprint density at radius 2 is 1.73 bits per heavy atom. The van der Waals surface area contributed by atoms with Crippen LogP contribution in [0.1, 0.15) is 48.0 Å². The standard InChI is InChI=1S/C19H29NO6/c1-7-11-14-10(2)22-8-12(20(14)17(11)21)15-16(26-19(5,6)25-15)13-9-23-18(3,4)24-13/h11-13,15-16H,7-9H2,1-6H3/t11-,12-,13+,15+,16-/m0/s1. The van der Waals surface area contributed by atoms with Gasteiger partial charge in [-0.2, -0.15) is 0 Å². The third-order valence-corrected chi connectivity index (χ3v) is 5.64. The average molecular weight is 367 g/mol. The maximum Gasteiger partial charge on any atom is 0.236 e. The van der Waals surface area contributed by atoms with Crippen LogP contribution in [0.15, 0.2) is 11.5 Å². The topological polar surface area (TPSA) is 66.5 Å². The van der Waals surface area contributed by atoms with E-state index in [1.807, 2.05) is 46.4 Å². The number of rotatable bonds is 3. The number of carbonyl (C=O) groups excluding carboxylic acids is 1. The summed E-state index contributed by atoms with van der Waals surface area (Å²) in [7, 11) is 0. The monoisotopic (exact) mass is 367 g/mol.